The van der Waals surface area contributed by atoms with Gasteiger partial charge in [-0.05, 0) is 46.9 Å². The molecule has 3 rings (SSSR count). The molecule has 0 aromatic heterocycles. The van der Waals surface area contributed by atoms with E-state index in [-0.39, 0.29) is 11.9 Å². The molecule has 0 aliphatic carbocycles. The van der Waals surface area contributed by atoms with Gasteiger partial charge < -0.3 is 9.87 Å². The van der Waals surface area contributed by atoms with Gasteiger partial charge in [0.25, 0.3) is 5.91 Å². The van der Waals surface area contributed by atoms with Crippen LogP contribution in [-0.2, 0) is 21.5 Å². The lowest BCUT2D eigenvalue weighted by Crippen LogP contribution is -2.40. The molecule has 1 aliphatic heterocycles. The summed E-state index contributed by atoms with van der Waals surface area (Å²) in [7, 11) is 1.59. The lowest BCUT2D eigenvalue weighted by molar-refractivity contribution is -0.129. The maximum atomic E-state index is 12.5. The molecule has 0 bridgehead atoms. The van der Waals surface area contributed by atoms with E-state index in [1.165, 1.54) is 4.90 Å². The lowest BCUT2D eigenvalue weighted by atomic mass is 9.89. The number of guanidine groups is 1. The summed E-state index contributed by atoms with van der Waals surface area (Å²) in [5.41, 5.74) is 1.73. The summed E-state index contributed by atoms with van der Waals surface area (Å²) in [6, 6.07) is 15.2. The topological polar surface area (TPSA) is 79.2 Å². The van der Waals surface area contributed by atoms with E-state index in [1.54, 1.807) is 20.2 Å². The second-order valence-corrected chi connectivity index (χ2v) is 7.41. The normalized spacial score (nSPS) is 21.8. The van der Waals surface area contributed by atoms with Crippen LogP contribution in [0.3, 0.4) is 0 Å². The molecule has 1 saturated heterocycles. The Hall–Kier alpha value is -2.31. The van der Waals surface area contributed by atoms with Crippen molar-refractivity contribution in [2.24, 2.45) is 0 Å². The van der Waals surface area contributed by atoms with Gasteiger partial charge in [0.05, 0.1) is 0 Å². The van der Waals surface area contributed by atoms with E-state index in [9.17, 15) is 9.35 Å². The lowest BCUT2D eigenvalue weighted by Gasteiger charge is -2.22. The Morgan fingerprint density at radius 2 is 1.79 bits per heavy atom. The maximum absolute atomic E-state index is 12.5. The van der Waals surface area contributed by atoms with Crippen LogP contribution in [0.25, 0.3) is 11.1 Å². The molecule has 5 nitrogen and oxygen atoms in total. The van der Waals surface area contributed by atoms with Gasteiger partial charge in [-0.1, -0.05) is 30.3 Å². The highest BCUT2D eigenvalue weighted by molar-refractivity contribution is 7.90. The van der Waals surface area contributed by atoms with Gasteiger partial charge in [0, 0.05) is 13.1 Å². The van der Waals surface area contributed by atoms with Gasteiger partial charge in [-0.2, -0.15) is 0 Å². The molecule has 2 aromatic carbocycles. The minimum Gasteiger partial charge on any atom is -0.612 e. The highest BCUT2D eigenvalue weighted by Gasteiger charge is 2.45. The molecule has 0 spiro atoms. The molecule has 24 heavy (non-hydrogen) atoms. The van der Waals surface area contributed by atoms with E-state index in [0.29, 0.717) is 0 Å². The van der Waals surface area contributed by atoms with Crippen molar-refractivity contribution in [1.29, 1.82) is 5.41 Å². The number of nitrogens with zero attached hydrogens (tertiary/aromatic N) is 1. The Balaban J connectivity index is 2.03. The molecular formula is C18H19N3O2S. The van der Waals surface area contributed by atoms with E-state index in [4.69, 9.17) is 5.41 Å². The molecule has 1 amide bonds. The van der Waals surface area contributed by atoms with E-state index in [1.807, 2.05) is 48.5 Å². The fraction of sp³-hybridized carbons (Fsp3) is 0.222. The van der Waals surface area contributed by atoms with Crippen LogP contribution >= 0.6 is 0 Å². The van der Waals surface area contributed by atoms with Gasteiger partial charge in [0.15, 0.2) is 10.9 Å². The van der Waals surface area contributed by atoms with Crippen LogP contribution in [0.15, 0.2) is 53.4 Å². The van der Waals surface area contributed by atoms with Gasteiger partial charge in [-0.3, -0.25) is 15.1 Å². The first-order valence-corrected chi connectivity index (χ1v) is 9.08. The number of hydrogen-bond donors (Lipinski definition) is 2. The SMILES string of the molecule is CN1C(=N)NC(C)(c2cccc(-c3cccc([S+](C)[O-])c3)c2)C1=O. The van der Waals surface area contributed by atoms with Crippen LogP contribution in [0, 0.1) is 5.41 Å². The van der Waals surface area contributed by atoms with Crippen LogP contribution in [-0.4, -0.2) is 34.6 Å². The Bertz CT molecular complexity index is 821. The Kier molecular flexibility index (Phi) is 4.11. The zero-order valence-electron chi connectivity index (χ0n) is 13.8. The van der Waals surface area contributed by atoms with Crippen molar-refractivity contribution in [3.05, 3.63) is 54.1 Å². The summed E-state index contributed by atoms with van der Waals surface area (Å²) < 4.78 is 11.7. The highest BCUT2D eigenvalue weighted by atomic mass is 32.2. The first-order chi connectivity index (χ1) is 11.3. The zero-order chi connectivity index (χ0) is 17.5. The standard InChI is InChI=1S/C18H19N3O2S/c1-18(16(22)21(2)17(19)20-18)14-8-4-6-12(10-14)13-7-5-9-15(11-13)24(3)23/h4-11H,1-3H3,(H2,19,20). The predicted molar refractivity (Wildman–Crippen MR) is 95.2 cm³/mol. The third kappa shape index (κ3) is 2.68. The molecule has 1 heterocycles. The van der Waals surface area contributed by atoms with Crippen molar-refractivity contribution in [3.63, 3.8) is 0 Å². The number of likely N-dealkylation sites (N-methyl/N-ethyl adjacent to an activating group) is 1. The zero-order valence-corrected chi connectivity index (χ0v) is 14.6. The molecule has 2 N–H and O–H groups in total. The first kappa shape index (κ1) is 16.5. The van der Waals surface area contributed by atoms with Crippen molar-refractivity contribution in [1.82, 2.24) is 10.2 Å². The minimum atomic E-state index is -1.05. The van der Waals surface area contributed by atoms with Gasteiger partial charge >= 0.3 is 0 Å². The monoisotopic (exact) mass is 341 g/mol. The largest absolute Gasteiger partial charge is 0.612 e. The molecule has 1 aliphatic rings. The number of benzene rings is 2. The molecule has 2 unspecified atom stereocenters. The van der Waals surface area contributed by atoms with Crippen LogP contribution in [0.4, 0.5) is 0 Å². The number of nitrogens with one attached hydrogen (secondary N) is 2. The summed E-state index contributed by atoms with van der Waals surface area (Å²) >= 11 is -1.05. The molecule has 6 heteroatoms. The molecule has 2 aromatic rings. The molecular weight excluding hydrogens is 322 g/mol. The third-order valence-corrected chi connectivity index (χ3v) is 5.29. The van der Waals surface area contributed by atoms with Crippen molar-refractivity contribution in [2.75, 3.05) is 13.3 Å². The number of amides is 1. The molecule has 124 valence electrons. The second kappa shape index (κ2) is 5.96. The number of hydrogen-bond acceptors (Lipinski definition) is 3. The highest BCUT2D eigenvalue weighted by Crippen LogP contribution is 2.31. The summed E-state index contributed by atoms with van der Waals surface area (Å²) in [4.78, 5) is 14.6. The summed E-state index contributed by atoms with van der Waals surface area (Å²) in [6.07, 6.45) is 1.65. The molecule has 2 atom stereocenters. The van der Waals surface area contributed by atoms with Crippen molar-refractivity contribution >= 4 is 23.0 Å². The van der Waals surface area contributed by atoms with Crippen molar-refractivity contribution in [2.45, 2.75) is 17.4 Å². The second-order valence-electron chi connectivity index (χ2n) is 6.03. The van der Waals surface area contributed by atoms with E-state index in [0.717, 1.165) is 21.6 Å². The van der Waals surface area contributed by atoms with Crippen LogP contribution in [0.5, 0.6) is 0 Å². The van der Waals surface area contributed by atoms with Crippen molar-refractivity contribution < 1.29 is 9.35 Å². The van der Waals surface area contributed by atoms with Crippen LogP contribution < -0.4 is 5.32 Å². The fourth-order valence-corrected chi connectivity index (χ4v) is 3.43. The Labute approximate surface area is 144 Å². The number of carbonyl (C=O) groups is 1. The average Bonchev–Trinajstić information content (AvgIpc) is 2.79. The van der Waals surface area contributed by atoms with E-state index < -0.39 is 16.7 Å². The summed E-state index contributed by atoms with van der Waals surface area (Å²) in [6.45, 7) is 1.78. The predicted octanol–water partition coefficient (Wildman–Crippen LogP) is 2.30. The quantitative estimate of drug-likeness (QED) is 0.841. The van der Waals surface area contributed by atoms with Gasteiger partial charge in [-0.15, -0.1) is 0 Å². The first-order valence-electron chi connectivity index (χ1n) is 7.52. The van der Waals surface area contributed by atoms with Crippen LogP contribution in [0.1, 0.15) is 12.5 Å². The molecule has 0 saturated carbocycles. The molecule has 1 fully saturated rings. The van der Waals surface area contributed by atoms with E-state index in [2.05, 4.69) is 5.32 Å². The smallest absolute Gasteiger partial charge is 0.259 e. The van der Waals surface area contributed by atoms with Gasteiger partial charge in [-0.25, -0.2) is 0 Å². The fourth-order valence-electron chi connectivity index (χ4n) is 2.87. The van der Waals surface area contributed by atoms with Gasteiger partial charge in [0.2, 0.25) is 0 Å². The Morgan fingerprint density at radius 1 is 1.17 bits per heavy atom. The summed E-state index contributed by atoms with van der Waals surface area (Å²) in [5, 5.41) is 10.8. The third-order valence-electron chi connectivity index (χ3n) is 4.38. The number of carbonyl (C=O) groups excluding carboxylic acids is 1. The maximum Gasteiger partial charge on any atom is 0.259 e. The Morgan fingerprint density at radius 3 is 2.38 bits per heavy atom. The molecule has 0 radical (unpaired) electrons. The van der Waals surface area contributed by atoms with Gasteiger partial charge in [0.1, 0.15) is 11.8 Å². The number of rotatable bonds is 3. The van der Waals surface area contributed by atoms with Crippen molar-refractivity contribution in [3.8, 4) is 11.1 Å². The van der Waals surface area contributed by atoms with E-state index >= 15 is 0 Å². The minimum absolute atomic E-state index is 0.0938. The summed E-state index contributed by atoms with van der Waals surface area (Å²) in [5.74, 6) is -0.0654. The average molecular weight is 341 g/mol. The van der Waals surface area contributed by atoms with Crippen LogP contribution in [0.2, 0.25) is 0 Å².